The molecule has 0 N–H and O–H groups in total. The van der Waals surface area contributed by atoms with E-state index in [1.165, 1.54) is 0 Å². The van der Waals surface area contributed by atoms with Crippen molar-refractivity contribution in [2.75, 3.05) is 11.5 Å². The molecule has 1 aliphatic heterocycles. The van der Waals surface area contributed by atoms with Crippen molar-refractivity contribution < 1.29 is 13.2 Å². The van der Waals surface area contributed by atoms with Gasteiger partial charge in [-0.25, -0.2) is 13.2 Å². The summed E-state index contributed by atoms with van der Waals surface area (Å²) in [5.41, 5.74) is 2.07. The third kappa shape index (κ3) is 3.55. The molecule has 0 aliphatic carbocycles. The lowest BCUT2D eigenvalue weighted by molar-refractivity contribution is 0.0964. The van der Waals surface area contributed by atoms with E-state index in [9.17, 15) is 18.0 Å². The molecule has 29 heavy (non-hydrogen) atoms. The smallest absolute Gasteiger partial charge is 0.344 e. The number of sulfone groups is 1. The molecule has 1 atom stereocenters. The van der Waals surface area contributed by atoms with Crippen LogP contribution in [-0.4, -0.2) is 50.1 Å². The normalized spacial score (nSPS) is 18.2. The van der Waals surface area contributed by atoms with Gasteiger partial charge in [-0.2, -0.15) is 9.36 Å². The van der Waals surface area contributed by atoms with E-state index in [2.05, 4.69) is 10.4 Å². The first-order chi connectivity index (χ1) is 13.8. The van der Waals surface area contributed by atoms with E-state index in [-0.39, 0.29) is 29.9 Å². The zero-order valence-electron chi connectivity index (χ0n) is 16.1. The van der Waals surface area contributed by atoms with Gasteiger partial charge < -0.3 is 4.57 Å². The van der Waals surface area contributed by atoms with Crippen molar-refractivity contribution in [2.24, 2.45) is 0 Å². The zero-order chi connectivity index (χ0) is 20.8. The van der Waals surface area contributed by atoms with Crippen molar-refractivity contribution >= 4 is 15.6 Å². The van der Waals surface area contributed by atoms with Crippen LogP contribution >= 0.6 is 0 Å². The van der Waals surface area contributed by atoms with Crippen LogP contribution in [0, 0.1) is 13.8 Å². The number of benzene rings is 1. The molecule has 9 nitrogen and oxygen atoms in total. The lowest BCUT2D eigenvalue weighted by atomic mass is 10.1. The van der Waals surface area contributed by atoms with E-state index in [0.29, 0.717) is 23.4 Å². The van der Waals surface area contributed by atoms with Gasteiger partial charge >= 0.3 is 5.69 Å². The van der Waals surface area contributed by atoms with Gasteiger partial charge in [0.2, 0.25) is 0 Å². The molecule has 0 spiro atoms. The van der Waals surface area contributed by atoms with Gasteiger partial charge in [0, 0.05) is 23.0 Å². The Bertz CT molecular complexity index is 1240. The maximum atomic E-state index is 12.9. The summed E-state index contributed by atoms with van der Waals surface area (Å²) in [5.74, 6) is -0.0231. The molecular formula is C19H21N5O4S. The van der Waals surface area contributed by atoms with Crippen LogP contribution in [0.4, 0.5) is 0 Å². The van der Waals surface area contributed by atoms with Crippen LogP contribution in [0.1, 0.15) is 34.2 Å². The standard InChI is InChI=1S/C19H21N5O4S/c1-13-10-17(14(2)23(13)16-8-9-29(27,28)12-16)18(25)11-22-19(26)24(21-20-22)15-6-4-3-5-7-15/h3-7,10,16H,8-9,11-12H2,1-2H3/t16-/m0/s1. The molecule has 1 fully saturated rings. The summed E-state index contributed by atoms with van der Waals surface area (Å²) in [6.07, 6.45) is 0.539. The minimum absolute atomic E-state index is 0.0852. The van der Waals surface area contributed by atoms with Crippen molar-refractivity contribution in [2.45, 2.75) is 32.9 Å². The SMILES string of the molecule is Cc1cc(C(=O)Cn2nnn(-c3ccccc3)c2=O)c(C)n1[C@H]1CCS(=O)(=O)C1. The Kier molecular flexibility index (Phi) is 4.73. The van der Waals surface area contributed by atoms with E-state index < -0.39 is 15.5 Å². The molecule has 152 valence electrons. The van der Waals surface area contributed by atoms with Crippen LogP contribution in [0.5, 0.6) is 0 Å². The summed E-state index contributed by atoms with van der Waals surface area (Å²) in [6.45, 7) is 3.42. The first-order valence-corrected chi connectivity index (χ1v) is 11.1. The molecule has 3 heterocycles. The maximum Gasteiger partial charge on any atom is 0.368 e. The third-order valence-electron chi connectivity index (χ3n) is 5.29. The second-order valence-electron chi connectivity index (χ2n) is 7.30. The number of carbonyl (C=O) groups excluding carboxylic acids is 1. The Labute approximate surface area is 167 Å². The third-order valence-corrected chi connectivity index (χ3v) is 7.04. The van der Waals surface area contributed by atoms with Gasteiger partial charge in [0.05, 0.1) is 17.2 Å². The molecule has 2 aromatic heterocycles. The Morgan fingerprint density at radius 3 is 2.55 bits per heavy atom. The summed E-state index contributed by atoms with van der Waals surface area (Å²) < 4.78 is 27.8. The maximum absolute atomic E-state index is 12.9. The lowest BCUT2D eigenvalue weighted by Crippen LogP contribution is -2.27. The summed E-state index contributed by atoms with van der Waals surface area (Å²) in [5, 5.41) is 7.67. The lowest BCUT2D eigenvalue weighted by Gasteiger charge is -2.16. The van der Waals surface area contributed by atoms with Crippen molar-refractivity contribution in [3.05, 3.63) is 63.8 Å². The van der Waals surface area contributed by atoms with Gasteiger partial charge in [0.25, 0.3) is 0 Å². The van der Waals surface area contributed by atoms with Crippen molar-refractivity contribution in [3.63, 3.8) is 0 Å². The number of hydrogen-bond acceptors (Lipinski definition) is 6. The Hall–Kier alpha value is -3.01. The number of hydrogen-bond donors (Lipinski definition) is 0. The van der Waals surface area contributed by atoms with Crippen LogP contribution in [0.2, 0.25) is 0 Å². The van der Waals surface area contributed by atoms with Crippen molar-refractivity contribution in [3.8, 4) is 5.69 Å². The molecule has 0 radical (unpaired) electrons. The molecule has 0 amide bonds. The second kappa shape index (κ2) is 7.11. The highest BCUT2D eigenvalue weighted by atomic mass is 32.2. The van der Waals surface area contributed by atoms with Crippen molar-refractivity contribution in [1.82, 2.24) is 24.4 Å². The monoisotopic (exact) mass is 415 g/mol. The molecule has 0 bridgehead atoms. The fourth-order valence-corrected chi connectivity index (χ4v) is 5.63. The number of Topliss-reactive ketones (excluding diaryl/α,β-unsaturated/α-hetero) is 1. The zero-order valence-corrected chi connectivity index (χ0v) is 17.0. The van der Waals surface area contributed by atoms with Gasteiger partial charge in [-0.15, -0.1) is 0 Å². The molecule has 1 aliphatic rings. The predicted molar refractivity (Wildman–Crippen MR) is 106 cm³/mol. The Balaban J connectivity index is 1.60. The van der Waals surface area contributed by atoms with E-state index in [4.69, 9.17) is 0 Å². The van der Waals surface area contributed by atoms with E-state index in [0.717, 1.165) is 15.1 Å². The van der Waals surface area contributed by atoms with Crippen LogP contribution in [-0.2, 0) is 16.4 Å². The molecule has 0 saturated carbocycles. The Morgan fingerprint density at radius 1 is 1.17 bits per heavy atom. The van der Waals surface area contributed by atoms with Crippen LogP contribution in [0.15, 0.2) is 41.2 Å². The number of carbonyl (C=O) groups is 1. The molecule has 3 aromatic rings. The highest BCUT2D eigenvalue weighted by molar-refractivity contribution is 7.91. The van der Waals surface area contributed by atoms with Crippen molar-refractivity contribution in [1.29, 1.82) is 0 Å². The predicted octanol–water partition coefficient (Wildman–Crippen LogP) is 1.09. The summed E-state index contributed by atoms with van der Waals surface area (Å²) in [7, 11) is -3.04. The number of nitrogens with zero attached hydrogens (tertiary/aromatic N) is 5. The minimum Gasteiger partial charge on any atom is -0.344 e. The minimum atomic E-state index is -3.04. The van der Waals surface area contributed by atoms with Gasteiger partial charge in [-0.3, -0.25) is 4.79 Å². The van der Waals surface area contributed by atoms with E-state index >= 15 is 0 Å². The van der Waals surface area contributed by atoms with Crippen LogP contribution < -0.4 is 5.69 Å². The average Bonchev–Trinajstić information content (AvgIpc) is 3.31. The second-order valence-corrected chi connectivity index (χ2v) is 9.53. The van der Waals surface area contributed by atoms with E-state index in [1.54, 1.807) is 37.3 Å². The average molecular weight is 415 g/mol. The summed E-state index contributed by atoms with van der Waals surface area (Å²) in [6, 6.07) is 10.4. The highest BCUT2D eigenvalue weighted by Crippen LogP contribution is 2.29. The molecule has 1 saturated heterocycles. The number of ketones is 1. The van der Waals surface area contributed by atoms with Gasteiger partial charge in [0.1, 0.15) is 6.54 Å². The van der Waals surface area contributed by atoms with Crippen LogP contribution in [0.3, 0.4) is 0 Å². The number of aryl methyl sites for hydroxylation is 1. The van der Waals surface area contributed by atoms with Gasteiger partial charge in [0.15, 0.2) is 15.6 Å². The molecule has 10 heteroatoms. The van der Waals surface area contributed by atoms with Crippen LogP contribution in [0.25, 0.3) is 5.69 Å². The molecule has 0 unspecified atom stereocenters. The quantitative estimate of drug-likeness (QED) is 0.577. The topological polar surface area (TPSA) is 109 Å². The number of rotatable bonds is 5. The first kappa shape index (κ1) is 19.3. The largest absolute Gasteiger partial charge is 0.368 e. The van der Waals surface area contributed by atoms with Gasteiger partial charge in [-0.05, 0) is 48.9 Å². The number of aromatic nitrogens is 5. The number of tetrazole rings is 1. The van der Waals surface area contributed by atoms with E-state index in [1.807, 2.05) is 17.6 Å². The first-order valence-electron chi connectivity index (χ1n) is 9.27. The molecule has 4 rings (SSSR count). The highest BCUT2D eigenvalue weighted by Gasteiger charge is 2.31. The fraction of sp³-hybridized carbons (Fsp3) is 0.368. The molecule has 1 aromatic carbocycles. The summed E-state index contributed by atoms with van der Waals surface area (Å²) in [4.78, 5) is 25.4. The van der Waals surface area contributed by atoms with Gasteiger partial charge in [-0.1, -0.05) is 18.2 Å². The fourth-order valence-electron chi connectivity index (χ4n) is 3.93. The number of para-hydroxylation sites is 1. The molecular weight excluding hydrogens is 394 g/mol. The summed E-state index contributed by atoms with van der Waals surface area (Å²) >= 11 is 0. The Morgan fingerprint density at radius 2 is 1.90 bits per heavy atom.